The first-order chi connectivity index (χ1) is 16.7. The summed E-state index contributed by atoms with van der Waals surface area (Å²) in [5.41, 5.74) is 3.22. The molecular formula is C27H37N3O4S. The molecule has 1 unspecified atom stereocenters. The Kier molecular flexibility index (Phi) is 9.46. The number of carbonyl (C=O) groups is 1. The van der Waals surface area contributed by atoms with Gasteiger partial charge >= 0.3 is 6.09 Å². The Balaban J connectivity index is 0.000000241. The molecule has 2 aliphatic rings. The molecule has 8 heteroatoms. The minimum atomic E-state index is -0.361. The molecule has 7 nitrogen and oxygen atoms in total. The van der Waals surface area contributed by atoms with Crippen LogP contribution in [0.3, 0.4) is 0 Å². The highest BCUT2D eigenvalue weighted by Crippen LogP contribution is 2.32. The zero-order valence-electron chi connectivity index (χ0n) is 20.8. The van der Waals surface area contributed by atoms with Crippen molar-refractivity contribution in [2.45, 2.75) is 69.6 Å². The van der Waals surface area contributed by atoms with E-state index in [1.165, 1.54) is 6.21 Å². The molecule has 1 atom stereocenters. The van der Waals surface area contributed by atoms with Gasteiger partial charge in [-0.1, -0.05) is 12.1 Å². The summed E-state index contributed by atoms with van der Waals surface area (Å²) in [6.07, 6.45) is 6.55. The second-order valence-electron chi connectivity index (χ2n) is 9.82. The molecule has 0 radical (unpaired) electrons. The number of ether oxygens (including phenoxy) is 2. The number of hydrogen-bond donors (Lipinski definition) is 4. The molecule has 2 aromatic carbocycles. The van der Waals surface area contributed by atoms with Crippen LogP contribution in [0.5, 0.6) is 5.75 Å². The third-order valence-corrected chi connectivity index (χ3v) is 6.13. The fourth-order valence-electron chi connectivity index (χ4n) is 3.98. The van der Waals surface area contributed by atoms with E-state index in [-0.39, 0.29) is 23.7 Å². The fraction of sp³-hybridized carbons (Fsp3) is 0.481. The summed E-state index contributed by atoms with van der Waals surface area (Å²) in [6, 6.07) is 11.0. The summed E-state index contributed by atoms with van der Waals surface area (Å²) < 4.78 is 10.9. The van der Waals surface area contributed by atoms with Gasteiger partial charge < -0.3 is 30.2 Å². The molecule has 4 rings (SSSR count). The Labute approximate surface area is 213 Å². The number of nitrogens with one attached hydrogen (secondary N) is 2. The van der Waals surface area contributed by atoms with Crippen molar-refractivity contribution in [3.8, 4) is 16.9 Å². The van der Waals surface area contributed by atoms with Crippen molar-refractivity contribution in [3.63, 3.8) is 0 Å². The van der Waals surface area contributed by atoms with Crippen LogP contribution in [-0.4, -0.2) is 53.8 Å². The van der Waals surface area contributed by atoms with Gasteiger partial charge in [0.2, 0.25) is 0 Å². The predicted molar refractivity (Wildman–Crippen MR) is 143 cm³/mol. The maximum atomic E-state index is 11.4. The van der Waals surface area contributed by atoms with Crippen molar-refractivity contribution >= 4 is 30.6 Å². The van der Waals surface area contributed by atoms with E-state index in [0.29, 0.717) is 0 Å². The standard InChI is InChI=1S/C18H20N2O2S.C9H17NO2/c19-11-15-16(20-18-3-1-2-8-22-18)9-13(10-17(15)23)12-4-6-14(21)7-5-12;1-9(2,3)12-8(11)10-6-4-5-7-10/h4-7,9-11,18-21,23H,1-3,8H2;4-7H2,1-3H3. The smallest absolute Gasteiger partial charge is 0.410 e. The van der Waals surface area contributed by atoms with Gasteiger partial charge in [0, 0.05) is 42.1 Å². The number of thiol groups is 1. The number of carbonyl (C=O) groups excluding carboxylic acids is 1. The first-order valence-corrected chi connectivity index (χ1v) is 12.6. The molecule has 0 aromatic heterocycles. The Morgan fingerprint density at radius 2 is 1.83 bits per heavy atom. The Morgan fingerprint density at radius 3 is 2.40 bits per heavy atom. The largest absolute Gasteiger partial charge is 0.508 e. The van der Waals surface area contributed by atoms with Crippen LogP contribution in [0.2, 0.25) is 0 Å². The molecular weight excluding hydrogens is 462 g/mol. The van der Waals surface area contributed by atoms with Crippen molar-refractivity contribution in [1.29, 1.82) is 5.41 Å². The Bertz CT molecular complexity index is 993. The highest BCUT2D eigenvalue weighted by Gasteiger charge is 2.24. The molecule has 35 heavy (non-hydrogen) atoms. The monoisotopic (exact) mass is 499 g/mol. The van der Waals surface area contributed by atoms with Crippen molar-refractivity contribution in [1.82, 2.24) is 4.90 Å². The lowest BCUT2D eigenvalue weighted by molar-refractivity contribution is 0.0294. The van der Waals surface area contributed by atoms with E-state index in [4.69, 9.17) is 14.9 Å². The summed E-state index contributed by atoms with van der Waals surface area (Å²) in [5.74, 6) is 0.241. The van der Waals surface area contributed by atoms with E-state index in [9.17, 15) is 9.90 Å². The quantitative estimate of drug-likeness (QED) is 0.292. The third-order valence-electron chi connectivity index (χ3n) is 5.76. The maximum Gasteiger partial charge on any atom is 0.410 e. The Hall–Kier alpha value is -2.71. The molecule has 190 valence electrons. The maximum absolute atomic E-state index is 11.4. The average Bonchev–Trinajstić information content (AvgIpc) is 3.35. The van der Waals surface area contributed by atoms with Gasteiger partial charge in [-0.2, -0.15) is 0 Å². The molecule has 1 amide bonds. The molecule has 2 heterocycles. The summed E-state index contributed by atoms with van der Waals surface area (Å²) in [6.45, 7) is 8.15. The minimum Gasteiger partial charge on any atom is -0.508 e. The van der Waals surface area contributed by atoms with Crippen LogP contribution >= 0.6 is 12.6 Å². The second kappa shape index (κ2) is 12.3. The van der Waals surface area contributed by atoms with Gasteiger partial charge in [0.25, 0.3) is 0 Å². The zero-order valence-corrected chi connectivity index (χ0v) is 21.7. The molecule has 0 aliphatic carbocycles. The van der Waals surface area contributed by atoms with Crippen molar-refractivity contribution in [2.24, 2.45) is 0 Å². The van der Waals surface area contributed by atoms with Crippen LogP contribution in [0.15, 0.2) is 41.3 Å². The number of phenolic OH excluding ortho intramolecular Hbond substituents is 1. The van der Waals surface area contributed by atoms with Gasteiger partial charge in [-0.25, -0.2) is 4.79 Å². The SMILES string of the molecule is CC(C)(C)OC(=O)N1CCCC1.N=Cc1c(S)cc(-c2ccc(O)cc2)cc1NC1CCCCO1. The third kappa shape index (κ3) is 8.18. The van der Waals surface area contributed by atoms with Crippen LogP contribution in [0.1, 0.15) is 58.4 Å². The Morgan fingerprint density at radius 1 is 1.14 bits per heavy atom. The number of amides is 1. The van der Waals surface area contributed by atoms with Gasteiger partial charge in [-0.15, -0.1) is 12.6 Å². The lowest BCUT2D eigenvalue weighted by atomic mass is 10.0. The van der Waals surface area contributed by atoms with E-state index in [1.54, 1.807) is 17.0 Å². The lowest BCUT2D eigenvalue weighted by Gasteiger charge is -2.26. The molecule has 2 saturated heterocycles. The van der Waals surface area contributed by atoms with Crippen LogP contribution < -0.4 is 5.32 Å². The molecule has 3 N–H and O–H groups in total. The first-order valence-electron chi connectivity index (χ1n) is 12.2. The van der Waals surface area contributed by atoms with Crippen LogP contribution in [0.25, 0.3) is 11.1 Å². The number of nitrogens with zero attached hydrogens (tertiary/aromatic N) is 1. The number of anilines is 1. The van der Waals surface area contributed by atoms with E-state index < -0.39 is 0 Å². The second-order valence-corrected chi connectivity index (χ2v) is 10.3. The summed E-state index contributed by atoms with van der Waals surface area (Å²) >= 11 is 4.52. The van der Waals surface area contributed by atoms with Crippen LogP contribution in [-0.2, 0) is 9.47 Å². The lowest BCUT2D eigenvalue weighted by Crippen LogP contribution is -2.34. The summed E-state index contributed by atoms with van der Waals surface area (Å²) in [4.78, 5) is 13.9. The minimum absolute atomic E-state index is 0.0229. The van der Waals surface area contributed by atoms with E-state index in [0.717, 1.165) is 79.1 Å². The van der Waals surface area contributed by atoms with Gasteiger partial charge in [-0.05, 0) is 88.3 Å². The topological polar surface area (TPSA) is 94.9 Å². The zero-order chi connectivity index (χ0) is 25.4. The van der Waals surface area contributed by atoms with Crippen molar-refractivity contribution in [2.75, 3.05) is 25.0 Å². The number of phenols is 1. The molecule has 0 bridgehead atoms. The van der Waals surface area contributed by atoms with Crippen molar-refractivity contribution in [3.05, 3.63) is 42.0 Å². The van der Waals surface area contributed by atoms with Gasteiger partial charge in [0.05, 0.1) is 0 Å². The highest BCUT2D eigenvalue weighted by atomic mass is 32.1. The number of benzene rings is 2. The summed E-state index contributed by atoms with van der Waals surface area (Å²) in [7, 11) is 0. The normalized spacial score (nSPS) is 17.8. The predicted octanol–water partition coefficient (Wildman–Crippen LogP) is 6.30. The first kappa shape index (κ1) is 26.9. The highest BCUT2D eigenvalue weighted by molar-refractivity contribution is 7.80. The summed E-state index contributed by atoms with van der Waals surface area (Å²) in [5, 5.41) is 20.5. The number of aromatic hydroxyl groups is 1. The number of likely N-dealkylation sites (tertiary alicyclic amines) is 1. The molecule has 2 aliphatic heterocycles. The molecule has 2 fully saturated rings. The van der Waals surface area contributed by atoms with Gasteiger partial charge in [0.15, 0.2) is 0 Å². The van der Waals surface area contributed by atoms with Gasteiger partial charge in [0.1, 0.15) is 17.6 Å². The molecule has 2 aromatic rings. The van der Waals surface area contributed by atoms with Crippen LogP contribution in [0.4, 0.5) is 10.5 Å². The van der Waals surface area contributed by atoms with Gasteiger partial charge in [-0.3, -0.25) is 0 Å². The van der Waals surface area contributed by atoms with E-state index >= 15 is 0 Å². The van der Waals surface area contributed by atoms with E-state index in [1.807, 2.05) is 45.0 Å². The number of rotatable bonds is 4. The van der Waals surface area contributed by atoms with Crippen molar-refractivity contribution < 1.29 is 19.4 Å². The molecule has 0 spiro atoms. The van der Waals surface area contributed by atoms with Crippen LogP contribution in [0, 0.1) is 5.41 Å². The molecule has 0 saturated carbocycles. The fourth-order valence-corrected chi connectivity index (χ4v) is 4.31. The number of hydrogen-bond acceptors (Lipinski definition) is 7. The van der Waals surface area contributed by atoms with E-state index in [2.05, 4.69) is 17.9 Å². The average molecular weight is 500 g/mol.